The van der Waals surface area contributed by atoms with Crippen molar-refractivity contribution < 1.29 is 4.84 Å². The summed E-state index contributed by atoms with van der Waals surface area (Å²) in [6.07, 6.45) is 1.80. The molecule has 0 heterocycles. The normalized spacial score (nSPS) is 11.0. The first-order chi connectivity index (χ1) is 10.0. The fourth-order valence-electron chi connectivity index (χ4n) is 2.65. The van der Waals surface area contributed by atoms with Crippen molar-refractivity contribution in [3.05, 3.63) is 65.7 Å². The molecule has 0 saturated carbocycles. The van der Waals surface area contributed by atoms with Crippen LogP contribution in [0.4, 0.5) is 0 Å². The Bertz CT molecular complexity index is 635. The van der Waals surface area contributed by atoms with E-state index in [9.17, 15) is 0 Å². The summed E-state index contributed by atoms with van der Waals surface area (Å²) in [5, 5.41) is 0. The SMILES string of the molecule is C=Cc1cc(C(C)(C)c2ccccc2)cc(BC)c1ON. The van der Waals surface area contributed by atoms with Crippen molar-refractivity contribution in [1.82, 2.24) is 0 Å². The summed E-state index contributed by atoms with van der Waals surface area (Å²) in [7, 11) is 0.867. The summed E-state index contributed by atoms with van der Waals surface area (Å²) in [5.41, 5.74) is 4.48. The van der Waals surface area contributed by atoms with Gasteiger partial charge in [0.05, 0.1) is 0 Å². The summed E-state index contributed by atoms with van der Waals surface area (Å²) < 4.78 is 0. The Morgan fingerprint density at radius 1 is 1.14 bits per heavy atom. The second-order valence-corrected chi connectivity index (χ2v) is 5.72. The molecule has 0 amide bonds. The smallest absolute Gasteiger partial charge is 0.159 e. The zero-order valence-electron chi connectivity index (χ0n) is 13.0. The summed E-state index contributed by atoms with van der Waals surface area (Å²) in [6.45, 7) is 10.4. The summed E-state index contributed by atoms with van der Waals surface area (Å²) in [5.74, 6) is 6.15. The molecule has 108 valence electrons. The lowest BCUT2D eigenvalue weighted by Crippen LogP contribution is -2.25. The highest BCUT2D eigenvalue weighted by Crippen LogP contribution is 2.33. The Morgan fingerprint density at radius 3 is 2.33 bits per heavy atom. The van der Waals surface area contributed by atoms with Crippen LogP contribution in [0.2, 0.25) is 6.82 Å². The van der Waals surface area contributed by atoms with Crippen LogP contribution in [0, 0.1) is 0 Å². The maximum Gasteiger partial charge on any atom is 0.159 e. The van der Waals surface area contributed by atoms with Gasteiger partial charge in [0.2, 0.25) is 0 Å². The van der Waals surface area contributed by atoms with Crippen LogP contribution in [0.3, 0.4) is 0 Å². The van der Waals surface area contributed by atoms with Crippen LogP contribution in [0.15, 0.2) is 49.0 Å². The van der Waals surface area contributed by atoms with E-state index in [1.54, 1.807) is 6.08 Å². The minimum absolute atomic E-state index is 0.0872. The molecule has 0 bridgehead atoms. The average Bonchev–Trinajstić information content (AvgIpc) is 2.54. The standard InChI is InChI=1S/C18H22BNO/c1-5-13-11-15(12-16(19-4)17(13)21-20)18(2,3)14-9-7-6-8-10-14/h5-12,19H,1,20H2,2-4H3. The van der Waals surface area contributed by atoms with Gasteiger partial charge in [0.1, 0.15) is 5.75 Å². The van der Waals surface area contributed by atoms with Crippen molar-refractivity contribution >= 4 is 18.8 Å². The van der Waals surface area contributed by atoms with Crippen molar-refractivity contribution in [2.45, 2.75) is 26.1 Å². The largest absolute Gasteiger partial charge is 0.411 e. The number of nitrogens with two attached hydrogens (primary N) is 1. The molecule has 0 aliphatic rings. The predicted molar refractivity (Wildman–Crippen MR) is 92.6 cm³/mol. The van der Waals surface area contributed by atoms with Crippen molar-refractivity contribution in [3.63, 3.8) is 0 Å². The van der Waals surface area contributed by atoms with Gasteiger partial charge in [-0.15, -0.1) is 0 Å². The van der Waals surface area contributed by atoms with Crippen LogP contribution in [0.5, 0.6) is 5.75 Å². The van der Waals surface area contributed by atoms with E-state index < -0.39 is 0 Å². The molecule has 2 nitrogen and oxygen atoms in total. The second-order valence-electron chi connectivity index (χ2n) is 5.72. The van der Waals surface area contributed by atoms with Crippen LogP contribution in [-0.4, -0.2) is 7.28 Å². The molecule has 0 aromatic heterocycles. The Hall–Kier alpha value is -2.00. The minimum atomic E-state index is -0.0872. The van der Waals surface area contributed by atoms with Gasteiger partial charge < -0.3 is 4.84 Å². The summed E-state index contributed by atoms with van der Waals surface area (Å²) in [6, 6.07) is 14.8. The van der Waals surface area contributed by atoms with E-state index in [1.807, 2.05) is 6.07 Å². The molecule has 21 heavy (non-hydrogen) atoms. The molecule has 2 rings (SSSR count). The van der Waals surface area contributed by atoms with E-state index in [2.05, 4.69) is 63.6 Å². The Kier molecular flexibility index (Phi) is 4.54. The third-order valence-electron chi connectivity index (χ3n) is 4.13. The number of hydrogen-bond acceptors (Lipinski definition) is 2. The van der Waals surface area contributed by atoms with Gasteiger partial charge in [-0.3, -0.25) is 0 Å². The van der Waals surface area contributed by atoms with Crippen molar-refractivity contribution in [1.29, 1.82) is 0 Å². The highest BCUT2D eigenvalue weighted by molar-refractivity contribution is 6.53. The van der Waals surface area contributed by atoms with E-state index in [4.69, 9.17) is 10.7 Å². The third-order valence-corrected chi connectivity index (χ3v) is 4.13. The zero-order chi connectivity index (χ0) is 15.5. The zero-order valence-corrected chi connectivity index (χ0v) is 13.0. The number of hydrogen-bond donors (Lipinski definition) is 1. The van der Waals surface area contributed by atoms with E-state index >= 15 is 0 Å². The molecule has 0 aliphatic heterocycles. The van der Waals surface area contributed by atoms with E-state index in [0.717, 1.165) is 24.1 Å². The summed E-state index contributed by atoms with van der Waals surface area (Å²) >= 11 is 0. The predicted octanol–water partition coefficient (Wildman–Crippen LogP) is 3.02. The fraction of sp³-hybridized carbons (Fsp3) is 0.222. The molecule has 2 N–H and O–H groups in total. The fourth-order valence-corrected chi connectivity index (χ4v) is 2.65. The van der Waals surface area contributed by atoms with Crippen LogP contribution >= 0.6 is 0 Å². The molecule has 0 unspecified atom stereocenters. The Labute approximate surface area is 127 Å². The highest BCUT2D eigenvalue weighted by Gasteiger charge is 2.25. The first kappa shape index (κ1) is 15.4. The quantitative estimate of drug-likeness (QED) is 0.674. The minimum Gasteiger partial charge on any atom is -0.411 e. The highest BCUT2D eigenvalue weighted by atomic mass is 16.6. The molecule has 0 atom stereocenters. The Morgan fingerprint density at radius 2 is 1.81 bits per heavy atom. The van der Waals surface area contributed by atoms with Gasteiger partial charge in [0.15, 0.2) is 7.28 Å². The number of benzene rings is 2. The topological polar surface area (TPSA) is 35.2 Å². The van der Waals surface area contributed by atoms with Gasteiger partial charge in [-0.2, -0.15) is 5.90 Å². The second kappa shape index (κ2) is 6.19. The lowest BCUT2D eigenvalue weighted by atomic mass is 9.68. The van der Waals surface area contributed by atoms with E-state index in [0.29, 0.717) is 0 Å². The lowest BCUT2D eigenvalue weighted by Gasteiger charge is -2.28. The maximum atomic E-state index is 5.43. The first-order valence-electron chi connectivity index (χ1n) is 7.26. The third kappa shape index (κ3) is 2.88. The molecule has 0 saturated heterocycles. The lowest BCUT2D eigenvalue weighted by molar-refractivity contribution is 0.336. The molecular formula is C18H22BNO. The molecule has 0 aliphatic carbocycles. The molecule has 0 spiro atoms. The van der Waals surface area contributed by atoms with Crippen molar-refractivity contribution in [2.75, 3.05) is 0 Å². The van der Waals surface area contributed by atoms with Gasteiger partial charge in [-0.1, -0.05) is 69.7 Å². The molecule has 0 fully saturated rings. The van der Waals surface area contributed by atoms with Crippen LogP contribution < -0.4 is 16.2 Å². The maximum absolute atomic E-state index is 5.43. The van der Waals surface area contributed by atoms with Gasteiger partial charge in [0, 0.05) is 11.0 Å². The molecular weight excluding hydrogens is 257 g/mol. The van der Waals surface area contributed by atoms with E-state index in [-0.39, 0.29) is 5.41 Å². The average molecular weight is 279 g/mol. The molecule has 0 radical (unpaired) electrons. The van der Waals surface area contributed by atoms with Crippen LogP contribution in [-0.2, 0) is 5.41 Å². The molecule has 2 aromatic rings. The van der Waals surface area contributed by atoms with Crippen LogP contribution in [0.1, 0.15) is 30.5 Å². The van der Waals surface area contributed by atoms with Gasteiger partial charge >= 0.3 is 0 Å². The van der Waals surface area contributed by atoms with Crippen LogP contribution in [0.25, 0.3) is 6.08 Å². The number of rotatable bonds is 5. The first-order valence-corrected chi connectivity index (χ1v) is 7.26. The molecule has 2 aromatic carbocycles. The van der Waals surface area contributed by atoms with Gasteiger partial charge in [-0.25, -0.2) is 0 Å². The monoisotopic (exact) mass is 279 g/mol. The van der Waals surface area contributed by atoms with Gasteiger partial charge in [0.25, 0.3) is 0 Å². The van der Waals surface area contributed by atoms with Crippen molar-refractivity contribution in [2.24, 2.45) is 5.90 Å². The van der Waals surface area contributed by atoms with Crippen molar-refractivity contribution in [3.8, 4) is 5.75 Å². The Balaban J connectivity index is 2.61. The molecule has 3 heteroatoms. The van der Waals surface area contributed by atoms with E-state index in [1.165, 1.54) is 11.1 Å². The van der Waals surface area contributed by atoms with Gasteiger partial charge in [-0.05, 0) is 22.7 Å². The summed E-state index contributed by atoms with van der Waals surface area (Å²) in [4.78, 5) is 5.06.